The molecule has 0 bridgehead atoms. The smallest absolute Gasteiger partial charge is 0.330 e. The first-order valence-corrected chi connectivity index (χ1v) is 4.09. The molecule has 0 saturated carbocycles. The van der Waals surface area contributed by atoms with Gasteiger partial charge >= 0.3 is 6.01 Å². The van der Waals surface area contributed by atoms with E-state index in [2.05, 4.69) is 17.5 Å². The normalized spacial score (nSPS) is 9.09. The molecule has 0 aliphatic carbocycles. The number of rotatable bonds is 4. The summed E-state index contributed by atoms with van der Waals surface area (Å²) in [6.07, 6.45) is 1.04. The van der Waals surface area contributed by atoms with Gasteiger partial charge in [0.15, 0.2) is 13.1 Å². The van der Waals surface area contributed by atoms with Gasteiger partial charge in [-0.3, -0.25) is 0 Å². The Morgan fingerprint density at radius 1 is 1.36 bits per heavy atom. The predicted molar refractivity (Wildman–Crippen MR) is 46.5 cm³/mol. The van der Waals surface area contributed by atoms with Crippen molar-refractivity contribution < 1.29 is 9.15 Å². The summed E-state index contributed by atoms with van der Waals surface area (Å²) in [7, 11) is 3.95. The van der Waals surface area contributed by atoms with Crippen molar-refractivity contribution in [2.75, 3.05) is 33.7 Å². The zero-order chi connectivity index (χ0) is 8.69. The predicted octanol–water partition coefficient (Wildman–Crippen LogP) is -0.186. The maximum atomic E-state index is 5.39. The molecule has 0 heterocycles. The molecule has 3 heteroatoms. The fraction of sp³-hybridized carbons (Fsp3) is 0.875. The van der Waals surface area contributed by atoms with Gasteiger partial charge in [0.05, 0.1) is 0 Å². The minimum Gasteiger partial charge on any atom is -0.330 e. The first kappa shape index (κ1) is 10.3. The van der Waals surface area contributed by atoms with Crippen LogP contribution in [0.1, 0.15) is 13.3 Å². The Bertz CT molecular complexity index is 162. The molecule has 0 fully saturated rings. The van der Waals surface area contributed by atoms with Crippen molar-refractivity contribution in [1.82, 2.24) is 0 Å². The maximum absolute atomic E-state index is 5.39. The molecule has 0 aliphatic heterocycles. The lowest BCUT2D eigenvalue weighted by Gasteiger charge is -1.91. The van der Waals surface area contributed by atoms with Crippen molar-refractivity contribution in [3.8, 4) is 0 Å². The van der Waals surface area contributed by atoms with E-state index in [4.69, 9.17) is 5.73 Å². The molecule has 2 N–H and O–H groups in total. The highest BCUT2D eigenvalue weighted by molar-refractivity contribution is 5.25. The van der Waals surface area contributed by atoms with Gasteiger partial charge < -0.3 is 5.73 Å². The number of nitrogens with zero attached hydrogens (tertiary/aromatic N) is 2. The Hall–Kier alpha value is -0.660. The Balaban J connectivity index is 4.06. The molecule has 64 valence electrons. The highest BCUT2D eigenvalue weighted by atomic mass is 15.0. The lowest BCUT2D eigenvalue weighted by molar-refractivity contribution is -0.563. The van der Waals surface area contributed by atoms with Crippen LogP contribution in [0.3, 0.4) is 0 Å². The van der Waals surface area contributed by atoms with Crippen LogP contribution >= 0.6 is 0 Å². The van der Waals surface area contributed by atoms with E-state index in [1.807, 2.05) is 18.7 Å². The first-order chi connectivity index (χ1) is 5.20. The summed E-state index contributed by atoms with van der Waals surface area (Å²) in [5, 5.41) is 0. The number of nitrogens with two attached hydrogens (primary N) is 1. The second kappa shape index (κ2) is 6.08. The van der Waals surface area contributed by atoms with Crippen molar-refractivity contribution in [3.05, 3.63) is 0 Å². The van der Waals surface area contributed by atoms with Crippen LogP contribution < -0.4 is 5.73 Å². The molecule has 11 heavy (non-hydrogen) atoms. The SMILES string of the molecule is CC[N+](=C=[N+](C)C)CCCN. The second-order valence-electron chi connectivity index (χ2n) is 2.72. The van der Waals surface area contributed by atoms with Gasteiger partial charge in [0.1, 0.15) is 14.1 Å². The van der Waals surface area contributed by atoms with E-state index in [0.717, 1.165) is 26.1 Å². The van der Waals surface area contributed by atoms with Gasteiger partial charge in [-0.25, -0.2) is 0 Å². The van der Waals surface area contributed by atoms with Crippen molar-refractivity contribution in [1.29, 1.82) is 0 Å². The zero-order valence-electron chi connectivity index (χ0n) is 7.80. The first-order valence-electron chi connectivity index (χ1n) is 4.09. The molecule has 0 amide bonds. The van der Waals surface area contributed by atoms with Crippen LogP contribution in [0, 0.1) is 0 Å². The summed E-state index contributed by atoms with van der Waals surface area (Å²) in [4.78, 5) is 0. The minimum absolute atomic E-state index is 0.756. The van der Waals surface area contributed by atoms with E-state index in [9.17, 15) is 0 Å². The Morgan fingerprint density at radius 2 is 2.00 bits per heavy atom. The second-order valence-corrected chi connectivity index (χ2v) is 2.72. The van der Waals surface area contributed by atoms with E-state index in [1.165, 1.54) is 0 Å². The van der Waals surface area contributed by atoms with Gasteiger partial charge in [0.2, 0.25) is 0 Å². The fourth-order valence-electron chi connectivity index (χ4n) is 0.844. The van der Waals surface area contributed by atoms with Crippen LogP contribution in [0.5, 0.6) is 0 Å². The summed E-state index contributed by atoms with van der Waals surface area (Å²) in [5.41, 5.74) is 5.39. The van der Waals surface area contributed by atoms with Crippen LogP contribution in [0.2, 0.25) is 0 Å². The Labute approximate surface area is 68.8 Å². The lowest BCUT2D eigenvalue weighted by Crippen LogP contribution is -2.17. The van der Waals surface area contributed by atoms with Crippen LogP contribution in [-0.4, -0.2) is 48.9 Å². The summed E-state index contributed by atoms with van der Waals surface area (Å²) >= 11 is 0. The van der Waals surface area contributed by atoms with Gasteiger partial charge in [-0.1, -0.05) is 0 Å². The van der Waals surface area contributed by atoms with Gasteiger partial charge in [0.25, 0.3) is 0 Å². The minimum atomic E-state index is 0.756. The van der Waals surface area contributed by atoms with Crippen LogP contribution in [-0.2, 0) is 0 Å². The highest BCUT2D eigenvalue weighted by Gasteiger charge is 2.00. The molecular weight excluding hydrogens is 138 g/mol. The molecule has 0 unspecified atom stereocenters. The van der Waals surface area contributed by atoms with Gasteiger partial charge in [0, 0.05) is 6.42 Å². The third-order valence-electron chi connectivity index (χ3n) is 1.36. The average Bonchev–Trinajstić information content (AvgIpc) is 1.97. The van der Waals surface area contributed by atoms with E-state index >= 15 is 0 Å². The van der Waals surface area contributed by atoms with Gasteiger partial charge in [-0.05, 0) is 13.5 Å². The van der Waals surface area contributed by atoms with E-state index in [-0.39, 0.29) is 0 Å². The van der Waals surface area contributed by atoms with Crippen LogP contribution in [0.15, 0.2) is 0 Å². The van der Waals surface area contributed by atoms with Crippen molar-refractivity contribution in [2.45, 2.75) is 13.3 Å². The van der Waals surface area contributed by atoms with E-state index in [1.54, 1.807) is 0 Å². The standard InChI is InChI=1S/C8H19N3/c1-4-11(7-5-6-9)8-10(2)3/h4-7,9H2,1-3H3/q+2. The molecule has 0 aromatic rings. The monoisotopic (exact) mass is 157 g/mol. The summed E-state index contributed by atoms with van der Waals surface area (Å²) in [6.45, 7) is 4.88. The summed E-state index contributed by atoms with van der Waals surface area (Å²) < 4.78 is 4.06. The maximum Gasteiger partial charge on any atom is 0.476 e. The zero-order valence-corrected chi connectivity index (χ0v) is 7.80. The molecule has 0 saturated heterocycles. The van der Waals surface area contributed by atoms with E-state index < -0.39 is 0 Å². The molecule has 0 spiro atoms. The molecule has 0 aromatic carbocycles. The topological polar surface area (TPSA) is 32.0 Å². The summed E-state index contributed by atoms with van der Waals surface area (Å²) in [6, 6.07) is 3.18. The Morgan fingerprint density at radius 3 is 2.36 bits per heavy atom. The summed E-state index contributed by atoms with van der Waals surface area (Å²) in [5.74, 6) is 0. The molecular formula is C8H19N3+2. The molecule has 0 radical (unpaired) electrons. The number of hydrogen-bond donors (Lipinski definition) is 1. The van der Waals surface area contributed by atoms with Gasteiger partial charge in [-0.15, -0.1) is 9.15 Å². The highest BCUT2D eigenvalue weighted by Crippen LogP contribution is 1.77. The number of hydrogen-bond acceptors (Lipinski definition) is 1. The molecule has 0 aromatic heterocycles. The average molecular weight is 157 g/mol. The fourth-order valence-corrected chi connectivity index (χ4v) is 0.844. The molecule has 3 nitrogen and oxygen atoms in total. The van der Waals surface area contributed by atoms with Crippen molar-refractivity contribution in [2.24, 2.45) is 5.73 Å². The van der Waals surface area contributed by atoms with Crippen molar-refractivity contribution >= 4 is 6.01 Å². The third-order valence-corrected chi connectivity index (χ3v) is 1.36. The Kier molecular flexibility index (Phi) is 5.71. The van der Waals surface area contributed by atoms with E-state index in [0.29, 0.717) is 0 Å². The van der Waals surface area contributed by atoms with Crippen LogP contribution in [0.25, 0.3) is 0 Å². The molecule has 0 rings (SSSR count). The van der Waals surface area contributed by atoms with Crippen LogP contribution in [0.4, 0.5) is 0 Å². The largest absolute Gasteiger partial charge is 0.476 e. The quantitative estimate of drug-likeness (QED) is 0.445. The lowest BCUT2D eigenvalue weighted by atomic mass is 10.4. The third kappa shape index (κ3) is 5.77. The molecule has 0 atom stereocenters. The molecule has 0 aliphatic rings. The van der Waals surface area contributed by atoms with Gasteiger partial charge in [-0.2, -0.15) is 0 Å². The van der Waals surface area contributed by atoms with Crippen molar-refractivity contribution in [3.63, 3.8) is 0 Å².